The van der Waals surface area contributed by atoms with Gasteiger partial charge in [-0.15, -0.1) is 0 Å². The predicted molar refractivity (Wildman–Crippen MR) is 94.0 cm³/mol. The summed E-state index contributed by atoms with van der Waals surface area (Å²) in [5.41, 5.74) is 1.68. The molecule has 0 saturated heterocycles. The van der Waals surface area contributed by atoms with Crippen LogP contribution in [0.4, 0.5) is 4.39 Å². The highest BCUT2D eigenvalue weighted by Crippen LogP contribution is 2.31. The first kappa shape index (κ1) is 18.8. The van der Waals surface area contributed by atoms with E-state index in [9.17, 15) is 14.3 Å². The molecule has 4 nitrogen and oxygen atoms in total. The van der Waals surface area contributed by atoms with E-state index >= 15 is 0 Å². The van der Waals surface area contributed by atoms with Crippen LogP contribution in [-0.4, -0.2) is 24.3 Å². The molecule has 134 valence electrons. The Kier molecular flexibility index (Phi) is 6.39. The summed E-state index contributed by atoms with van der Waals surface area (Å²) in [6, 6.07) is 9.90. The Labute approximate surface area is 147 Å². The van der Waals surface area contributed by atoms with Crippen LogP contribution in [-0.2, 0) is 11.2 Å². The van der Waals surface area contributed by atoms with E-state index in [2.05, 4.69) is 0 Å². The van der Waals surface area contributed by atoms with E-state index in [0.29, 0.717) is 35.8 Å². The van der Waals surface area contributed by atoms with E-state index in [-0.39, 0.29) is 6.42 Å². The summed E-state index contributed by atoms with van der Waals surface area (Å²) in [5, 5.41) is 9.62. The van der Waals surface area contributed by atoms with Gasteiger partial charge in [-0.2, -0.15) is 0 Å². The zero-order valence-corrected chi connectivity index (χ0v) is 14.7. The van der Waals surface area contributed by atoms with E-state index in [1.165, 1.54) is 6.07 Å². The van der Waals surface area contributed by atoms with Crippen molar-refractivity contribution >= 4 is 5.97 Å². The van der Waals surface area contributed by atoms with Gasteiger partial charge in [0, 0.05) is 6.07 Å². The number of hydrogen-bond acceptors (Lipinski definition) is 3. The largest absolute Gasteiger partial charge is 0.494 e. The molecule has 0 aliphatic rings. The van der Waals surface area contributed by atoms with Gasteiger partial charge in [0.2, 0.25) is 0 Å². The second-order valence-electron chi connectivity index (χ2n) is 5.74. The molecular formula is C20H23FO4. The van der Waals surface area contributed by atoms with Crippen molar-refractivity contribution in [1.29, 1.82) is 0 Å². The summed E-state index contributed by atoms with van der Waals surface area (Å²) in [7, 11) is 0. The van der Waals surface area contributed by atoms with Gasteiger partial charge in [0.15, 0.2) is 0 Å². The number of aryl methyl sites for hydroxylation is 1. The molecule has 0 fully saturated rings. The monoisotopic (exact) mass is 346 g/mol. The Hall–Kier alpha value is -2.56. The van der Waals surface area contributed by atoms with Crippen LogP contribution >= 0.6 is 0 Å². The first-order chi connectivity index (χ1) is 12.0. The van der Waals surface area contributed by atoms with Gasteiger partial charge in [-0.3, -0.25) is 4.79 Å². The maximum atomic E-state index is 13.8. The molecule has 1 unspecified atom stereocenters. The van der Waals surface area contributed by atoms with Gasteiger partial charge >= 0.3 is 5.97 Å². The van der Waals surface area contributed by atoms with E-state index < -0.39 is 17.7 Å². The minimum atomic E-state index is -1.00. The highest BCUT2D eigenvalue weighted by molar-refractivity contribution is 5.76. The zero-order chi connectivity index (χ0) is 18.4. The number of hydrogen-bond donors (Lipinski definition) is 1. The molecule has 0 saturated carbocycles. The average molecular weight is 346 g/mol. The molecule has 0 aliphatic heterocycles. The summed E-state index contributed by atoms with van der Waals surface area (Å²) in [6.07, 6.45) is 0.208. The molecule has 2 rings (SSSR count). The Balaban J connectivity index is 2.35. The number of carbonyl (C=O) groups is 1. The van der Waals surface area contributed by atoms with Crippen molar-refractivity contribution in [3.05, 3.63) is 58.9 Å². The van der Waals surface area contributed by atoms with Crippen LogP contribution < -0.4 is 9.47 Å². The smallest absolute Gasteiger partial charge is 0.311 e. The molecule has 0 amide bonds. The quantitative estimate of drug-likeness (QED) is 0.772. The van der Waals surface area contributed by atoms with Crippen LogP contribution in [0.5, 0.6) is 11.5 Å². The van der Waals surface area contributed by atoms with Gasteiger partial charge in [0.05, 0.1) is 19.1 Å². The fourth-order valence-electron chi connectivity index (χ4n) is 2.64. The van der Waals surface area contributed by atoms with Crippen molar-refractivity contribution in [2.45, 2.75) is 33.1 Å². The second kappa shape index (κ2) is 8.51. The minimum Gasteiger partial charge on any atom is -0.494 e. The Morgan fingerprint density at radius 2 is 1.84 bits per heavy atom. The standard InChI is InChI=1S/C20H23FO4/c1-4-24-16-9-8-15(19(12-16)25-5-2)10-17(20(22)23)14-7-6-13(3)18(21)11-14/h6-9,11-12,17H,4-5,10H2,1-3H3,(H,22,23). The van der Waals surface area contributed by atoms with E-state index in [1.807, 2.05) is 13.8 Å². The first-order valence-corrected chi connectivity index (χ1v) is 8.33. The lowest BCUT2D eigenvalue weighted by atomic mass is 9.91. The van der Waals surface area contributed by atoms with Crippen LogP contribution in [0.2, 0.25) is 0 Å². The summed E-state index contributed by atoms with van der Waals surface area (Å²) < 4.78 is 24.9. The van der Waals surface area contributed by atoms with Crippen molar-refractivity contribution in [2.75, 3.05) is 13.2 Å². The zero-order valence-electron chi connectivity index (χ0n) is 14.7. The van der Waals surface area contributed by atoms with Crippen LogP contribution in [0.3, 0.4) is 0 Å². The fraction of sp³-hybridized carbons (Fsp3) is 0.350. The van der Waals surface area contributed by atoms with Crippen LogP contribution in [0.1, 0.15) is 36.5 Å². The highest BCUT2D eigenvalue weighted by Gasteiger charge is 2.23. The van der Waals surface area contributed by atoms with Crippen molar-refractivity contribution in [3.63, 3.8) is 0 Å². The number of carboxylic acids is 1. The third-order valence-corrected chi connectivity index (χ3v) is 3.97. The van der Waals surface area contributed by atoms with E-state index in [4.69, 9.17) is 9.47 Å². The number of benzene rings is 2. The lowest BCUT2D eigenvalue weighted by molar-refractivity contribution is -0.138. The number of carboxylic acid groups (broad SMARTS) is 1. The van der Waals surface area contributed by atoms with Gasteiger partial charge in [-0.25, -0.2) is 4.39 Å². The summed E-state index contributed by atoms with van der Waals surface area (Å²) >= 11 is 0. The Bertz CT molecular complexity index is 742. The lowest BCUT2D eigenvalue weighted by Gasteiger charge is -2.17. The molecule has 1 N–H and O–H groups in total. The topological polar surface area (TPSA) is 55.8 Å². The van der Waals surface area contributed by atoms with Gasteiger partial charge in [0.1, 0.15) is 17.3 Å². The number of aliphatic carboxylic acids is 1. The lowest BCUT2D eigenvalue weighted by Crippen LogP contribution is -2.15. The maximum absolute atomic E-state index is 13.8. The van der Waals surface area contributed by atoms with E-state index in [0.717, 1.165) is 5.56 Å². The first-order valence-electron chi connectivity index (χ1n) is 8.33. The summed E-state index contributed by atoms with van der Waals surface area (Å²) in [6.45, 7) is 6.39. The third kappa shape index (κ3) is 4.72. The Morgan fingerprint density at radius 1 is 1.12 bits per heavy atom. The molecular weight excluding hydrogens is 323 g/mol. The van der Waals surface area contributed by atoms with Crippen LogP contribution in [0.15, 0.2) is 36.4 Å². The maximum Gasteiger partial charge on any atom is 0.311 e. The molecule has 5 heteroatoms. The molecule has 0 radical (unpaired) electrons. The predicted octanol–water partition coefficient (Wildman–Crippen LogP) is 4.34. The number of ether oxygens (including phenoxy) is 2. The fourth-order valence-corrected chi connectivity index (χ4v) is 2.64. The minimum absolute atomic E-state index is 0.208. The van der Waals surface area contributed by atoms with Gasteiger partial charge in [-0.05, 0) is 56.0 Å². The van der Waals surface area contributed by atoms with Crippen LogP contribution in [0, 0.1) is 12.7 Å². The molecule has 2 aromatic rings. The number of halogens is 1. The highest BCUT2D eigenvalue weighted by atomic mass is 19.1. The molecule has 1 atom stereocenters. The molecule has 0 aromatic heterocycles. The summed E-state index contributed by atoms with van der Waals surface area (Å²) in [4.78, 5) is 11.8. The molecule has 2 aromatic carbocycles. The normalized spacial score (nSPS) is 11.8. The molecule has 0 bridgehead atoms. The Morgan fingerprint density at radius 3 is 2.44 bits per heavy atom. The van der Waals surface area contributed by atoms with Crippen molar-refractivity contribution in [2.24, 2.45) is 0 Å². The van der Waals surface area contributed by atoms with Crippen LogP contribution in [0.25, 0.3) is 0 Å². The third-order valence-electron chi connectivity index (χ3n) is 3.97. The van der Waals surface area contributed by atoms with Crippen molar-refractivity contribution in [3.8, 4) is 11.5 Å². The number of rotatable bonds is 8. The van der Waals surface area contributed by atoms with Gasteiger partial charge in [-0.1, -0.05) is 18.2 Å². The van der Waals surface area contributed by atoms with Gasteiger partial charge in [0.25, 0.3) is 0 Å². The molecule has 0 aliphatic carbocycles. The molecule has 0 spiro atoms. The average Bonchev–Trinajstić information content (AvgIpc) is 2.57. The van der Waals surface area contributed by atoms with Crippen molar-refractivity contribution < 1.29 is 23.8 Å². The second-order valence-corrected chi connectivity index (χ2v) is 5.74. The molecule has 25 heavy (non-hydrogen) atoms. The SMILES string of the molecule is CCOc1ccc(CC(C(=O)O)c2ccc(C)c(F)c2)c(OCC)c1. The molecule has 0 heterocycles. The van der Waals surface area contributed by atoms with E-state index in [1.54, 1.807) is 37.3 Å². The summed E-state index contributed by atoms with van der Waals surface area (Å²) in [5.74, 6) is -0.998. The van der Waals surface area contributed by atoms with Crippen molar-refractivity contribution in [1.82, 2.24) is 0 Å². The van der Waals surface area contributed by atoms with Gasteiger partial charge < -0.3 is 14.6 Å².